The topological polar surface area (TPSA) is 68.5 Å². The molecule has 0 atom stereocenters. The van der Waals surface area contributed by atoms with Gasteiger partial charge in [-0.2, -0.15) is 0 Å². The summed E-state index contributed by atoms with van der Waals surface area (Å²) >= 11 is 3.31. The van der Waals surface area contributed by atoms with Crippen molar-refractivity contribution in [3.63, 3.8) is 0 Å². The maximum Gasteiger partial charge on any atom is 0.291 e. The third kappa shape index (κ3) is 3.49. The summed E-state index contributed by atoms with van der Waals surface area (Å²) in [5.41, 5.74) is 0.680. The Morgan fingerprint density at radius 1 is 1.17 bits per heavy atom. The zero-order chi connectivity index (χ0) is 17.1. The number of hydrogen-bond donors (Lipinski definition) is 1. The molecule has 3 rings (SSSR count). The molecule has 0 unspecified atom stereocenters. The lowest BCUT2D eigenvalue weighted by atomic mass is 10.2. The van der Waals surface area contributed by atoms with E-state index in [4.69, 9.17) is 9.15 Å². The highest BCUT2D eigenvalue weighted by molar-refractivity contribution is 9.10. The summed E-state index contributed by atoms with van der Waals surface area (Å²) in [7, 11) is 0. The Bertz CT molecular complexity index is 947. The highest BCUT2D eigenvalue weighted by atomic mass is 79.9. The van der Waals surface area contributed by atoms with Crippen LogP contribution in [0.3, 0.4) is 0 Å². The molecule has 0 spiro atoms. The van der Waals surface area contributed by atoms with Crippen LogP contribution >= 0.6 is 15.9 Å². The van der Waals surface area contributed by atoms with Crippen LogP contribution in [0, 0.1) is 0 Å². The van der Waals surface area contributed by atoms with Gasteiger partial charge in [-0.3, -0.25) is 9.59 Å². The van der Waals surface area contributed by atoms with Crippen molar-refractivity contribution in [3.8, 4) is 5.75 Å². The lowest BCUT2D eigenvalue weighted by Crippen LogP contribution is -2.14. The monoisotopic (exact) mass is 387 g/mol. The fourth-order valence-electron chi connectivity index (χ4n) is 2.23. The number of carbonyl (C=O) groups excluding carboxylic acids is 1. The smallest absolute Gasteiger partial charge is 0.291 e. The second-order valence-electron chi connectivity index (χ2n) is 5.03. The van der Waals surface area contributed by atoms with E-state index >= 15 is 0 Å². The molecule has 1 N–H and O–H groups in total. The van der Waals surface area contributed by atoms with Gasteiger partial charge in [0.25, 0.3) is 5.91 Å². The fourth-order valence-corrected chi connectivity index (χ4v) is 2.60. The number of anilines is 1. The molecule has 0 aliphatic carbocycles. The maximum atomic E-state index is 12.3. The number of fused-ring (bicyclic) bond motifs is 1. The van der Waals surface area contributed by atoms with Crippen LogP contribution in [0.5, 0.6) is 5.75 Å². The van der Waals surface area contributed by atoms with Crippen molar-refractivity contribution >= 4 is 38.5 Å². The van der Waals surface area contributed by atoms with Crippen molar-refractivity contribution in [2.75, 3.05) is 11.9 Å². The first-order chi connectivity index (χ1) is 11.6. The first-order valence-electron chi connectivity index (χ1n) is 7.34. The largest absolute Gasteiger partial charge is 0.494 e. The van der Waals surface area contributed by atoms with Gasteiger partial charge in [0, 0.05) is 16.2 Å². The van der Waals surface area contributed by atoms with Crippen LogP contribution in [0.25, 0.3) is 11.0 Å². The summed E-state index contributed by atoms with van der Waals surface area (Å²) in [6.45, 7) is 2.47. The molecule has 24 heavy (non-hydrogen) atoms. The lowest BCUT2D eigenvalue weighted by Gasteiger charge is -2.07. The zero-order valence-corrected chi connectivity index (χ0v) is 14.4. The molecule has 1 heterocycles. The molecule has 3 aromatic rings. The molecule has 6 heteroatoms. The first kappa shape index (κ1) is 16.3. The quantitative estimate of drug-likeness (QED) is 0.727. The number of benzene rings is 2. The van der Waals surface area contributed by atoms with Crippen molar-refractivity contribution in [1.82, 2.24) is 0 Å². The summed E-state index contributed by atoms with van der Waals surface area (Å²) < 4.78 is 11.7. The third-order valence-corrected chi connectivity index (χ3v) is 3.83. The fraction of sp³-hybridized carbons (Fsp3) is 0.111. The van der Waals surface area contributed by atoms with Gasteiger partial charge in [-0.25, -0.2) is 0 Å². The van der Waals surface area contributed by atoms with Crippen molar-refractivity contribution < 1.29 is 13.9 Å². The van der Waals surface area contributed by atoms with E-state index in [2.05, 4.69) is 21.2 Å². The van der Waals surface area contributed by atoms with Crippen molar-refractivity contribution in [2.24, 2.45) is 0 Å². The van der Waals surface area contributed by atoms with E-state index in [1.807, 2.05) is 6.92 Å². The Morgan fingerprint density at radius 2 is 1.92 bits per heavy atom. The van der Waals surface area contributed by atoms with Gasteiger partial charge >= 0.3 is 0 Å². The van der Waals surface area contributed by atoms with E-state index < -0.39 is 5.91 Å². The number of ether oxygens (including phenoxy) is 1. The average Bonchev–Trinajstić information content (AvgIpc) is 2.57. The molecule has 1 amide bonds. The van der Waals surface area contributed by atoms with Crippen LogP contribution in [-0.2, 0) is 0 Å². The van der Waals surface area contributed by atoms with E-state index in [9.17, 15) is 9.59 Å². The van der Waals surface area contributed by atoms with E-state index in [1.54, 1.807) is 42.5 Å². The molecule has 0 radical (unpaired) electrons. The van der Waals surface area contributed by atoms with E-state index in [1.165, 1.54) is 6.07 Å². The molecule has 1 aromatic heterocycles. The molecule has 0 fully saturated rings. The zero-order valence-electron chi connectivity index (χ0n) is 12.8. The molecule has 0 aliphatic heterocycles. The summed E-state index contributed by atoms with van der Waals surface area (Å²) in [5.74, 6) is 0.197. The number of nitrogens with one attached hydrogen (secondary N) is 1. The molecular formula is C18H14BrNO4. The average molecular weight is 388 g/mol. The molecule has 2 aromatic carbocycles. The SMILES string of the molecule is CCOc1ccc(NC(=O)c2cc(=O)c3cc(Br)ccc3o2)cc1. The van der Waals surface area contributed by atoms with Gasteiger partial charge in [-0.05, 0) is 49.4 Å². The Balaban J connectivity index is 1.86. The number of carbonyl (C=O) groups is 1. The number of halogens is 1. The van der Waals surface area contributed by atoms with Crippen molar-refractivity contribution in [1.29, 1.82) is 0 Å². The maximum absolute atomic E-state index is 12.3. The Morgan fingerprint density at radius 3 is 2.62 bits per heavy atom. The van der Waals surface area contributed by atoms with Crippen LogP contribution in [0.15, 0.2) is 62.2 Å². The third-order valence-electron chi connectivity index (χ3n) is 3.34. The van der Waals surface area contributed by atoms with Crippen LogP contribution in [-0.4, -0.2) is 12.5 Å². The van der Waals surface area contributed by atoms with Gasteiger partial charge in [0.05, 0.1) is 12.0 Å². The minimum atomic E-state index is -0.485. The molecular weight excluding hydrogens is 374 g/mol. The molecule has 5 nitrogen and oxygen atoms in total. The van der Waals surface area contributed by atoms with Gasteiger partial charge in [0.15, 0.2) is 11.2 Å². The number of amides is 1. The van der Waals surface area contributed by atoms with Gasteiger partial charge < -0.3 is 14.5 Å². The minimum absolute atomic E-state index is 0.0382. The van der Waals surface area contributed by atoms with Gasteiger partial charge in [0.2, 0.25) is 0 Å². The summed E-state index contributed by atoms with van der Waals surface area (Å²) in [6, 6.07) is 13.2. The molecule has 0 bridgehead atoms. The molecule has 0 aliphatic rings. The highest BCUT2D eigenvalue weighted by Crippen LogP contribution is 2.20. The number of rotatable bonds is 4. The van der Waals surface area contributed by atoms with Crippen molar-refractivity contribution in [3.05, 3.63) is 69.0 Å². The Labute approximate surface area is 146 Å². The van der Waals surface area contributed by atoms with E-state index in [-0.39, 0.29) is 11.2 Å². The van der Waals surface area contributed by atoms with Gasteiger partial charge in [-0.1, -0.05) is 15.9 Å². The van der Waals surface area contributed by atoms with Gasteiger partial charge in [-0.15, -0.1) is 0 Å². The lowest BCUT2D eigenvalue weighted by molar-refractivity contribution is 0.0997. The predicted octanol–water partition coefficient (Wildman–Crippen LogP) is 4.21. The normalized spacial score (nSPS) is 10.6. The van der Waals surface area contributed by atoms with E-state index in [0.717, 1.165) is 10.2 Å². The summed E-state index contributed by atoms with van der Waals surface area (Å²) in [4.78, 5) is 24.5. The van der Waals surface area contributed by atoms with Crippen molar-refractivity contribution in [2.45, 2.75) is 6.92 Å². The van der Waals surface area contributed by atoms with Crippen LogP contribution in [0.4, 0.5) is 5.69 Å². The molecule has 122 valence electrons. The van der Waals surface area contributed by atoms with Crippen LogP contribution in [0.2, 0.25) is 0 Å². The minimum Gasteiger partial charge on any atom is -0.494 e. The van der Waals surface area contributed by atoms with Crippen LogP contribution in [0.1, 0.15) is 17.5 Å². The summed E-state index contributed by atoms with van der Waals surface area (Å²) in [6.07, 6.45) is 0. The Hall–Kier alpha value is -2.60. The summed E-state index contributed by atoms with van der Waals surface area (Å²) in [5, 5.41) is 3.11. The molecule has 0 saturated heterocycles. The highest BCUT2D eigenvalue weighted by Gasteiger charge is 2.13. The second-order valence-corrected chi connectivity index (χ2v) is 5.94. The predicted molar refractivity (Wildman–Crippen MR) is 95.7 cm³/mol. The van der Waals surface area contributed by atoms with E-state index in [0.29, 0.717) is 23.3 Å². The van der Waals surface area contributed by atoms with Gasteiger partial charge in [0.1, 0.15) is 11.3 Å². The molecule has 0 saturated carbocycles. The standard InChI is InChI=1S/C18H14BrNO4/c1-2-23-13-6-4-12(5-7-13)20-18(22)17-10-15(21)14-9-11(19)3-8-16(14)24-17/h3-10H,2H2,1H3,(H,20,22). The Kier molecular flexibility index (Phi) is 4.66. The van der Waals surface area contributed by atoms with Crippen LogP contribution < -0.4 is 15.5 Å². The second kappa shape index (κ2) is 6.88. The number of hydrogen-bond acceptors (Lipinski definition) is 4. The first-order valence-corrected chi connectivity index (χ1v) is 8.14.